The van der Waals surface area contributed by atoms with E-state index in [1.807, 2.05) is 0 Å². The molecule has 13 heavy (non-hydrogen) atoms. The topological polar surface area (TPSA) is 104 Å². The van der Waals surface area contributed by atoms with Crippen LogP contribution in [0.15, 0.2) is 12.1 Å². The number of phenols is 3. The molecule has 0 saturated heterocycles. The third-order valence-corrected chi connectivity index (χ3v) is 1.51. The molecule has 70 valence electrons. The fourth-order valence-corrected chi connectivity index (χ4v) is 0.877. The number of hydrogen-bond donors (Lipinski definition) is 3. The summed E-state index contributed by atoms with van der Waals surface area (Å²) in [4.78, 5) is 9.42. The van der Waals surface area contributed by atoms with Crippen molar-refractivity contribution in [3.05, 3.63) is 27.8 Å². The Hall–Kier alpha value is -1.98. The molecule has 1 aromatic carbocycles. The molecule has 0 fully saturated rings. The van der Waals surface area contributed by atoms with Gasteiger partial charge in [-0.3, -0.25) is 10.1 Å². The van der Waals surface area contributed by atoms with Gasteiger partial charge in [-0.2, -0.15) is 0 Å². The van der Waals surface area contributed by atoms with Gasteiger partial charge in [0.2, 0.25) is 12.3 Å². The van der Waals surface area contributed by atoms with Crippen molar-refractivity contribution >= 4 is 0 Å². The minimum absolute atomic E-state index is 0.0414. The maximum absolute atomic E-state index is 10.1. The van der Waals surface area contributed by atoms with Gasteiger partial charge >= 0.3 is 0 Å². The fourth-order valence-electron chi connectivity index (χ4n) is 0.877. The van der Waals surface area contributed by atoms with Crippen molar-refractivity contribution in [3.63, 3.8) is 0 Å². The molecular weight excluding hydrogens is 178 g/mol. The molecule has 1 rings (SSSR count). The van der Waals surface area contributed by atoms with Crippen molar-refractivity contribution in [1.29, 1.82) is 0 Å². The molecule has 0 heterocycles. The first-order valence-corrected chi connectivity index (χ1v) is 3.37. The van der Waals surface area contributed by atoms with Crippen molar-refractivity contribution in [2.45, 2.75) is 6.54 Å². The molecule has 0 atom stereocenters. The number of benzene rings is 1. The zero-order valence-corrected chi connectivity index (χ0v) is 6.47. The van der Waals surface area contributed by atoms with E-state index in [-0.39, 0.29) is 5.56 Å². The Bertz CT molecular complexity index is 349. The van der Waals surface area contributed by atoms with E-state index >= 15 is 0 Å². The van der Waals surface area contributed by atoms with E-state index < -0.39 is 28.7 Å². The molecule has 0 amide bonds. The highest BCUT2D eigenvalue weighted by Crippen LogP contribution is 2.37. The van der Waals surface area contributed by atoms with Gasteiger partial charge in [-0.25, -0.2) is 0 Å². The number of phenolic OH excluding ortho intramolecular Hbond substituents is 3. The minimum atomic E-state index is -0.737. The molecule has 0 unspecified atom stereocenters. The van der Waals surface area contributed by atoms with Gasteiger partial charge in [-0.05, 0) is 12.1 Å². The van der Waals surface area contributed by atoms with E-state index in [4.69, 9.17) is 15.3 Å². The standard InChI is InChI=1S/C7H7NO5/c9-5-2-1-4(3-8(12)13)6(10)7(5)11/h1-2,9-11H,3H2. The van der Waals surface area contributed by atoms with E-state index in [0.717, 1.165) is 6.07 Å². The van der Waals surface area contributed by atoms with Gasteiger partial charge in [0.15, 0.2) is 11.5 Å². The Morgan fingerprint density at radius 2 is 1.85 bits per heavy atom. The molecule has 0 aromatic heterocycles. The van der Waals surface area contributed by atoms with Crippen LogP contribution in [0.1, 0.15) is 5.56 Å². The predicted molar refractivity (Wildman–Crippen MR) is 42.1 cm³/mol. The molecule has 0 radical (unpaired) electrons. The Labute approximate surface area is 72.8 Å². The quantitative estimate of drug-likeness (QED) is 0.355. The Balaban J connectivity index is 3.10. The van der Waals surface area contributed by atoms with Crippen LogP contribution in [0.25, 0.3) is 0 Å². The highest BCUT2D eigenvalue weighted by Gasteiger charge is 2.14. The lowest BCUT2D eigenvalue weighted by atomic mass is 10.2. The third kappa shape index (κ3) is 1.78. The van der Waals surface area contributed by atoms with Gasteiger partial charge in [0.1, 0.15) is 0 Å². The van der Waals surface area contributed by atoms with Crippen molar-refractivity contribution in [3.8, 4) is 17.2 Å². The van der Waals surface area contributed by atoms with E-state index in [0.29, 0.717) is 0 Å². The maximum Gasteiger partial charge on any atom is 0.232 e. The number of rotatable bonds is 2. The van der Waals surface area contributed by atoms with Crippen LogP contribution in [0.5, 0.6) is 17.2 Å². The number of aromatic hydroxyl groups is 3. The largest absolute Gasteiger partial charge is 0.504 e. The second-order valence-corrected chi connectivity index (χ2v) is 2.43. The first-order chi connectivity index (χ1) is 6.02. The van der Waals surface area contributed by atoms with Gasteiger partial charge in [-0.15, -0.1) is 0 Å². The van der Waals surface area contributed by atoms with Gasteiger partial charge in [0, 0.05) is 4.92 Å². The molecule has 0 saturated carbocycles. The lowest BCUT2D eigenvalue weighted by molar-refractivity contribution is -0.496. The normalized spacial score (nSPS) is 9.85. The lowest BCUT2D eigenvalue weighted by Crippen LogP contribution is -1.98. The molecule has 0 aliphatic rings. The van der Waals surface area contributed by atoms with Crippen LogP contribution in [-0.2, 0) is 6.54 Å². The summed E-state index contributed by atoms with van der Waals surface area (Å²) in [5.74, 6) is -1.90. The summed E-state index contributed by atoms with van der Waals surface area (Å²) in [6, 6.07) is 2.25. The van der Waals surface area contributed by atoms with Crippen molar-refractivity contribution in [2.24, 2.45) is 0 Å². The van der Waals surface area contributed by atoms with Crippen molar-refractivity contribution in [1.82, 2.24) is 0 Å². The molecular formula is C7H7NO5. The summed E-state index contributed by atoms with van der Waals surface area (Å²) in [6.45, 7) is -0.598. The molecule has 6 nitrogen and oxygen atoms in total. The van der Waals surface area contributed by atoms with Crippen LogP contribution >= 0.6 is 0 Å². The maximum atomic E-state index is 10.1. The van der Waals surface area contributed by atoms with E-state index in [1.54, 1.807) is 0 Å². The zero-order chi connectivity index (χ0) is 10.0. The second-order valence-electron chi connectivity index (χ2n) is 2.43. The summed E-state index contributed by atoms with van der Waals surface area (Å²) in [5, 5.41) is 37.0. The van der Waals surface area contributed by atoms with E-state index in [2.05, 4.69) is 0 Å². The number of nitro groups is 1. The van der Waals surface area contributed by atoms with Crippen LogP contribution in [0.4, 0.5) is 0 Å². The van der Waals surface area contributed by atoms with Gasteiger partial charge in [-0.1, -0.05) is 0 Å². The fraction of sp³-hybridized carbons (Fsp3) is 0.143. The van der Waals surface area contributed by atoms with E-state index in [9.17, 15) is 10.1 Å². The average Bonchev–Trinajstić information content (AvgIpc) is 2.06. The Morgan fingerprint density at radius 3 is 2.38 bits per heavy atom. The summed E-state index contributed by atoms with van der Waals surface area (Å²) in [6.07, 6.45) is 0. The molecule has 1 aromatic rings. The molecule has 3 N–H and O–H groups in total. The minimum Gasteiger partial charge on any atom is -0.504 e. The van der Waals surface area contributed by atoms with Crippen LogP contribution in [-0.4, -0.2) is 20.2 Å². The van der Waals surface area contributed by atoms with Crippen LogP contribution < -0.4 is 0 Å². The predicted octanol–water partition coefficient (Wildman–Crippen LogP) is 0.580. The molecule has 0 spiro atoms. The number of hydrogen-bond acceptors (Lipinski definition) is 5. The molecule has 6 heteroatoms. The average molecular weight is 185 g/mol. The molecule has 0 aliphatic heterocycles. The third-order valence-electron chi connectivity index (χ3n) is 1.51. The van der Waals surface area contributed by atoms with Crippen LogP contribution in [0.3, 0.4) is 0 Å². The first kappa shape index (κ1) is 9.11. The smallest absolute Gasteiger partial charge is 0.232 e. The monoisotopic (exact) mass is 185 g/mol. The summed E-state index contributed by atoms with van der Waals surface area (Å²) < 4.78 is 0. The summed E-state index contributed by atoms with van der Waals surface area (Å²) >= 11 is 0. The Kier molecular flexibility index (Phi) is 2.23. The SMILES string of the molecule is O=[N+]([O-])Cc1ccc(O)c(O)c1O. The van der Waals surface area contributed by atoms with Crippen molar-refractivity contribution < 1.29 is 20.2 Å². The highest BCUT2D eigenvalue weighted by atomic mass is 16.6. The highest BCUT2D eigenvalue weighted by molar-refractivity contribution is 5.52. The van der Waals surface area contributed by atoms with Gasteiger partial charge in [0.25, 0.3) is 0 Å². The molecule has 0 aliphatic carbocycles. The van der Waals surface area contributed by atoms with Crippen molar-refractivity contribution in [2.75, 3.05) is 0 Å². The summed E-state index contributed by atoms with van der Waals surface area (Å²) in [5.41, 5.74) is -0.0414. The van der Waals surface area contributed by atoms with Crippen LogP contribution in [0.2, 0.25) is 0 Å². The van der Waals surface area contributed by atoms with Crippen LogP contribution in [0, 0.1) is 10.1 Å². The second kappa shape index (κ2) is 3.18. The van der Waals surface area contributed by atoms with E-state index in [1.165, 1.54) is 6.07 Å². The summed E-state index contributed by atoms with van der Waals surface area (Å²) in [7, 11) is 0. The van der Waals surface area contributed by atoms with Gasteiger partial charge in [0.05, 0.1) is 5.56 Å². The number of nitrogens with zero attached hydrogens (tertiary/aromatic N) is 1. The first-order valence-electron chi connectivity index (χ1n) is 3.37. The van der Waals surface area contributed by atoms with Gasteiger partial charge < -0.3 is 15.3 Å². The Morgan fingerprint density at radius 1 is 1.23 bits per heavy atom. The zero-order valence-electron chi connectivity index (χ0n) is 6.47. The lowest BCUT2D eigenvalue weighted by Gasteiger charge is -2.03. The molecule has 0 bridgehead atoms.